The molecule has 2 fully saturated rings. The second kappa shape index (κ2) is 8.47. The highest BCUT2D eigenvalue weighted by molar-refractivity contribution is 6.19. The zero-order chi connectivity index (χ0) is 26.9. The van der Waals surface area contributed by atoms with E-state index in [0.717, 1.165) is 36.1 Å². The van der Waals surface area contributed by atoms with Gasteiger partial charge in [-0.3, -0.25) is 9.59 Å². The molecule has 1 saturated carbocycles. The number of ether oxygens (including phenoxy) is 2. The van der Waals surface area contributed by atoms with Gasteiger partial charge < -0.3 is 19.5 Å². The summed E-state index contributed by atoms with van der Waals surface area (Å²) in [7, 11) is 1.57. The number of carbonyl (C=O) groups is 2. The van der Waals surface area contributed by atoms with Crippen molar-refractivity contribution in [2.24, 2.45) is 11.3 Å². The lowest BCUT2D eigenvalue weighted by Crippen LogP contribution is -2.60. The molecule has 4 atom stereocenters. The van der Waals surface area contributed by atoms with Crippen molar-refractivity contribution in [2.45, 2.75) is 30.6 Å². The summed E-state index contributed by atoms with van der Waals surface area (Å²) in [4.78, 5) is 29.1. The fourth-order valence-corrected chi connectivity index (χ4v) is 8.27. The molecule has 2 aliphatic heterocycles. The molecule has 1 N–H and O–H groups in total. The Morgan fingerprint density at radius 1 is 1.10 bits per heavy atom. The molecule has 39 heavy (non-hydrogen) atoms. The predicted octanol–water partition coefficient (Wildman–Crippen LogP) is 5.05. The highest BCUT2D eigenvalue weighted by Gasteiger charge is 2.71. The summed E-state index contributed by atoms with van der Waals surface area (Å²) in [5.41, 5.74) is 3.97. The van der Waals surface area contributed by atoms with E-state index < -0.39 is 16.8 Å². The minimum atomic E-state index is -1.08. The van der Waals surface area contributed by atoms with Gasteiger partial charge in [0.25, 0.3) is 5.91 Å². The van der Waals surface area contributed by atoms with E-state index in [4.69, 9.17) is 9.47 Å². The van der Waals surface area contributed by atoms with E-state index in [0.29, 0.717) is 30.0 Å². The van der Waals surface area contributed by atoms with E-state index in [9.17, 15) is 14.7 Å². The molecule has 1 amide bonds. The average molecular weight is 522 g/mol. The molecule has 8 rings (SSSR count). The topological polar surface area (TPSA) is 76.1 Å². The van der Waals surface area contributed by atoms with Crippen LogP contribution in [0.3, 0.4) is 0 Å². The first-order valence-corrected chi connectivity index (χ1v) is 13.6. The molecular formula is C33H31NO5. The first-order valence-electron chi connectivity index (χ1n) is 13.6. The summed E-state index contributed by atoms with van der Waals surface area (Å²) >= 11 is 0. The van der Waals surface area contributed by atoms with Crippen LogP contribution in [0.25, 0.3) is 5.57 Å². The van der Waals surface area contributed by atoms with Gasteiger partial charge in [-0.1, -0.05) is 61.2 Å². The number of hydrogen-bond donors (Lipinski definition) is 1. The van der Waals surface area contributed by atoms with Crippen molar-refractivity contribution in [1.29, 1.82) is 0 Å². The van der Waals surface area contributed by atoms with Gasteiger partial charge in [0, 0.05) is 47.9 Å². The number of rotatable bonds is 5. The number of carboxylic acids is 1. The fraction of sp³-hybridized carbons (Fsp3) is 0.333. The number of carboxylic acid groups (broad SMARTS) is 1. The number of carbonyl (C=O) groups excluding carboxylic acids is 1. The molecule has 6 nitrogen and oxygen atoms in total. The third-order valence-corrected chi connectivity index (χ3v) is 9.92. The van der Waals surface area contributed by atoms with Crippen LogP contribution < -0.4 is 9.47 Å². The SMILES string of the molecule is C=C(C(=O)N1CC2C3(c4ccc5c(c4)CCO5)CCC(c4ccccc43)C2(C(=O)O)C1)c1ccccc1OC. The van der Waals surface area contributed by atoms with E-state index in [-0.39, 0.29) is 24.3 Å². The summed E-state index contributed by atoms with van der Waals surface area (Å²) < 4.78 is 11.3. The average Bonchev–Trinajstić information content (AvgIpc) is 3.63. The lowest BCUT2D eigenvalue weighted by Gasteiger charge is -2.59. The number of aliphatic carboxylic acids is 1. The van der Waals surface area contributed by atoms with Crippen LogP contribution in [0.5, 0.6) is 11.5 Å². The second-order valence-electron chi connectivity index (χ2n) is 11.3. The van der Waals surface area contributed by atoms with Crippen LogP contribution in [-0.4, -0.2) is 48.7 Å². The van der Waals surface area contributed by atoms with Gasteiger partial charge in [0.2, 0.25) is 0 Å². The molecule has 198 valence electrons. The van der Waals surface area contributed by atoms with Crippen molar-refractivity contribution < 1.29 is 24.2 Å². The van der Waals surface area contributed by atoms with Gasteiger partial charge in [-0.2, -0.15) is 0 Å². The molecule has 0 aromatic heterocycles. The maximum atomic E-state index is 14.0. The monoisotopic (exact) mass is 521 g/mol. The number of hydrogen-bond acceptors (Lipinski definition) is 4. The van der Waals surface area contributed by atoms with Gasteiger partial charge in [-0.15, -0.1) is 0 Å². The van der Waals surface area contributed by atoms with Gasteiger partial charge in [0.15, 0.2) is 0 Å². The summed E-state index contributed by atoms with van der Waals surface area (Å²) in [6.45, 7) is 5.33. The number of amides is 1. The maximum Gasteiger partial charge on any atom is 0.312 e. The number of nitrogens with zero attached hydrogens (tertiary/aromatic N) is 1. The van der Waals surface area contributed by atoms with E-state index >= 15 is 0 Å². The van der Waals surface area contributed by atoms with Gasteiger partial charge in [0.1, 0.15) is 11.5 Å². The van der Waals surface area contributed by atoms with Crippen LogP contribution in [0.1, 0.15) is 46.6 Å². The Morgan fingerprint density at radius 3 is 2.72 bits per heavy atom. The molecule has 1 saturated heterocycles. The van der Waals surface area contributed by atoms with Crippen LogP contribution >= 0.6 is 0 Å². The minimum Gasteiger partial charge on any atom is -0.496 e. The summed E-state index contributed by atoms with van der Waals surface area (Å²) in [5, 5.41) is 11.0. The predicted molar refractivity (Wildman–Crippen MR) is 147 cm³/mol. The molecule has 0 spiro atoms. The van der Waals surface area contributed by atoms with E-state index in [1.807, 2.05) is 30.3 Å². The zero-order valence-corrected chi connectivity index (χ0v) is 22.0. The lowest BCUT2D eigenvalue weighted by atomic mass is 9.42. The Kier molecular flexibility index (Phi) is 5.21. The quantitative estimate of drug-likeness (QED) is 0.476. The molecule has 2 bridgehead atoms. The lowest BCUT2D eigenvalue weighted by molar-refractivity contribution is -0.157. The molecule has 2 heterocycles. The maximum absolute atomic E-state index is 14.0. The third-order valence-electron chi connectivity index (χ3n) is 9.92. The smallest absolute Gasteiger partial charge is 0.312 e. The normalized spacial score (nSPS) is 27.8. The second-order valence-corrected chi connectivity index (χ2v) is 11.3. The third kappa shape index (κ3) is 3.09. The largest absolute Gasteiger partial charge is 0.496 e. The summed E-state index contributed by atoms with van der Waals surface area (Å²) in [5.74, 6) is -0.00756. The van der Waals surface area contributed by atoms with Crippen LogP contribution in [0.2, 0.25) is 0 Å². The Hall–Kier alpha value is -4.06. The van der Waals surface area contributed by atoms with Crippen LogP contribution in [0, 0.1) is 11.3 Å². The number of likely N-dealkylation sites (tertiary alicyclic amines) is 1. The Bertz CT molecular complexity index is 1540. The standard InChI is InChI=1S/C33H31NO5/c1-20(23-7-4-6-10-28(23)38-2)30(35)34-18-29-32(22-11-12-27-21(17-22)14-16-39-27)15-13-26(33(29,19-34)31(36)37)24-8-3-5-9-25(24)32/h3-12,17,26,29H,1,13-16,18-19H2,2H3,(H,36,37). The fourth-order valence-electron chi connectivity index (χ4n) is 8.27. The molecule has 0 radical (unpaired) electrons. The number of benzene rings is 3. The van der Waals surface area contributed by atoms with Gasteiger partial charge in [0.05, 0.1) is 19.1 Å². The highest BCUT2D eigenvalue weighted by atomic mass is 16.5. The van der Waals surface area contributed by atoms with Crippen LogP contribution in [0.4, 0.5) is 0 Å². The van der Waals surface area contributed by atoms with E-state index in [2.05, 4.69) is 36.9 Å². The van der Waals surface area contributed by atoms with Crippen molar-refractivity contribution in [1.82, 2.24) is 4.90 Å². The van der Waals surface area contributed by atoms with Crippen molar-refractivity contribution in [2.75, 3.05) is 26.8 Å². The number of fused-ring (bicyclic) bond motifs is 2. The Morgan fingerprint density at radius 2 is 1.90 bits per heavy atom. The van der Waals surface area contributed by atoms with Crippen molar-refractivity contribution in [3.8, 4) is 11.5 Å². The first-order chi connectivity index (χ1) is 18.9. The molecule has 3 aliphatic carbocycles. The molecule has 4 unspecified atom stereocenters. The Labute approximate surface area is 227 Å². The van der Waals surface area contributed by atoms with E-state index in [1.165, 1.54) is 11.1 Å². The molecule has 6 heteroatoms. The van der Waals surface area contributed by atoms with Crippen molar-refractivity contribution in [3.05, 3.63) is 101 Å². The van der Waals surface area contributed by atoms with Crippen LogP contribution in [0.15, 0.2) is 73.3 Å². The van der Waals surface area contributed by atoms with Crippen LogP contribution in [-0.2, 0) is 21.4 Å². The van der Waals surface area contributed by atoms with Crippen molar-refractivity contribution >= 4 is 17.4 Å². The number of para-hydroxylation sites is 1. The van der Waals surface area contributed by atoms with Gasteiger partial charge >= 0.3 is 5.97 Å². The van der Waals surface area contributed by atoms with Gasteiger partial charge in [-0.25, -0.2) is 0 Å². The summed E-state index contributed by atoms with van der Waals surface area (Å²) in [6.07, 6.45) is 2.47. The molecule has 5 aliphatic rings. The highest BCUT2D eigenvalue weighted by Crippen LogP contribution is 2.69. The zero-order valence-electron chi connectivity index (χ0n) is 22.0. The first kappa shape index (κ1) is 24.0. The number of methoxy groups -OCH3 is 1. The molecule has 3 aromatic carbocycles. The molecular weight excluding hydrogens is 490 g/mol. The van der Waals surface area contributed by atoms with Crippen molar-refractivity contribution in [3.63, 3.8) is 0 Å². The van der Waals surface area contributed by atoms with Gasteiger partial charge in [-0.05, 0) is 47.2 Å². The molecule has 3 aromatic rings. The summed E-state index contributed by atoms with van der Waals surface area (Å²) in [6, 6.07) is 22.1. The minimum absolute atomic E-state index is 0.159. The van der Waals surface area contributed by atoms with E-state index in [1.54, 1.807) is 18.1 Å². The Balaban J connectivity index is 1.37.